The van der Waals surface area contributed by atoms with Gasteiger partial charge in [-0.2, -0.15) is 4.99 Å². The molecule has 13 heavy (non-hydrogen) atoms. The average Bonchev–Trinajstić information content (AvgIpc) is 2.12. The first-order valence-corrected chi connectivity index (χ1v) is 4.11. The van der Waals surface area contributed by atoms with Crippen molar-refractivity contribution < 1.29 is 9.47 Å². The number of nitrogens with zero attached hydrogens (tertiary/aromatic N) is 2. The van der Waals surface area contributed by atoms with Crippen LogP contribution in [0.1, 0.15) is 13.8 Å². The highest BCUT2D eigenvalue weighted by molar-refractivity contribution is 5.74. The lowest BCUT2D eigenvalue weighted by atomic mass is 10.4. The second-order valence-electron chi connectivity index (χ2n) is 2.90. The molecule has 0 saturated heterocycles. The largest absolute Gasteiger partial charge is 0.481 e. The maximum atomic E-state index is 5.08. The summed E-state index contributed by atoms with van der Waals surface area (Å²) in [7, 11) is 4.99. The number of aliphatic imine (C=N–C) groups is 1. The molecule has 0 aromatic rings. The van der Waals surface area contributed by atoms with Crippen molar-refractivity contribution in [1.29, 1.82) is 0 Å². The molecule has 0 saturated carbocycles. The predicted molar refractivity (Wildman–Crippen MR) is 53.5 cm³/mol. The summed E-state index contributed by atoms with van der Waals surface area (Å²) in [5, 5.41) is 0. The molecule has 0 aromatic heterocycles. The normalized spacial score (nSPS) is 11.4. The predicted octanol–water partition coefficient (Wildman–Crippen LogP) is 1.45. The number of hydrogen-bond donors (Lipinski definition) is 0. The van der Waals surface area contributed by atoms with Crippen molar-refractivity contribution in [1.82, 2.24) is 4.90 Å². The van der Waals surface area contributed by atoms with Crippen LogP contribution in [0.4, 0.5) is 0 Å². The van der Waals surface area contributed by atoms with Gasteiger partial charge in [0.15, 0.2) is 0 Å². The second-order valence-corrected chi connectivity index (χ2v) is 2.90. The fraction of sp³-hybridized carbons (Fsp3) is 0.667. The Morgan fingerprint density at radius 3 is 2.15 bits per heavy atom. The van der Waals surface area contributed by atoms with E-state index in [4.69, 9.17) is 9.47 Å². The summed E-state index contributed by atoms with van der Waals surface area (Å²) in [5.41, 5.74) is 0. The molecule has 0 unspecified atom stereocenters. The molecular weight excluding hydrogens is 168 g/mol. The van der Waals surface area contributed by atoms with E-state index < -0.39 is 0 Å². The molecule has 0 fully saturated rings. The Morgan fingerprint density at radius 2 is 1.85 bits per heavy atom. The molecule has 0 aliphatic rings. The van der Waals surface area contributed by atoms with Crippen molar-refractivity contribution in [3.63, 3.8) is 0 Å². The first-order valence-electron chi connectivity index (χ1n) is 4.11. The van der Waals surface area contributed by atoms with Crippen LogP contribution in [0.3, 0.4) is 0 Å². The average molecular weight is 186 g/mol. The highest BCUT2D eigenvalue weighted by atomic mass is 16.5. The molecule has 4 heteroatoms. The second kappa shape index (κ2) is 5.45. The van der Waals surface area contributed by atoms with Crippen LogP contribution in [-0.2, 0) is 9.47 Å². The summed E-state index contributed by atoms with van der Waals surface area (Å²) in [6.45, 7) is 7.68. The van der Waals surface area contributed by atoms with Gasteiger partial charge in [-0.05, 0) is 20.4 Å². The van der Waals surface area contributed by atoms with Crippen molar-refractivity contribution in [3.8, 4) is 0 Å². The SMILES string of the molecule is C=C(/N=C(/OC)N(C)C(C)C)OC. The van der Waals surface area contributed by atoms with Gasteiger partial charge in [-0.25, -0.2) is 0 Å². The minimum Gasteiger partial charge on any atom is -0.481 e. The van der Waals surface area contributed by atoms with Crippen LogP contribution in [0, 0.1) is 0 Å². The van der Waals surface area contributed by atoms with Gasteiger partial charge in [0.25, 0.3) is 6.02 Å². The van der Waals surface area contributed by atoms with Crippen molar-refractivity contribution in [2.24, 2.45) is 4.99 Å². The Bertz CT molecular complexity index is 200. The van der Waals surface area contributed by atoms with Crippen LogP contribution in [-0.4, -0.2) is 38.2 Å². The number of methoxy groups -OCH3 is 2. The number of rotatable bonds is 3. The third kappa shape index (κ3) is 3.83. The Hall–Kier alpha value is -1.19. The highest BCUT2D eigenvalue weighted by Gasteiger charge is 2.10. The standard InChI is InChI=1S/C9H18N2O2/c1-7(2)11(4)9(13-6)10-8(3)12-5/h7H,3H2,1-2,4-6H3/b10-9+. The van der Waals surface area contributed by atoms with Gasteiger partial charge in [0.05, 0.1) is 14.2 Å². The third-order valence-corrected chi connectivity index (χ3v) is 1.71. The van der Waals surface area contributed by atoms with E-state index in [1.54, 1.807) is 7.11 Å². The topological polar surface area (TPSA) is 34.1 Å². The van der Waals surface area contributed by atoms with Crippen LogP contribution >= 0.6 is 0 Å². The lowest BCUT2D eigenvalue weighted by Gasteiger charge is -2.23. The molecule has 0 spiro atoms. The van der Waals surface area contributed by atoms with Gasteiger partial charge in [-0.3, -0.25) is 0 Å². The molecule has 0 atom stereocenters. The molecule has 0 bridgehead atoms. The summed E-state index contributed by atoms with van der Waals surface area (Å²) in [6.07, 6.45) is 0. The number of hydrogen-bond acceptors (Lipinski definition) is 3. The zero-order chi connectivity index (χ0) is 10.4. The van der Waals surface area contributed by atoms with Gasteiger partial charge in [0.1, 0.15) is 0 Å². The van der Waals surface area contributed by atoms with E-state index in [2.05, 4.69) is 11.6 Å². The summed E-state index contributed by atoms with van der Waals surface area (Å²) in [5.74, 6) is 0.337. The summed E-state index contributed by atoms with van der Waals surface area (Å²) in [4.78, 5) is 5.93. The summed E-state index contributed by atoms with van der Waals surface area (Å²) in [6, 6.07) is 0.824. The fourth-order valence-corrected chi connectivity index (χ4v) is 0.642. The van der Waals surface area contributed by atoms with E-state index in [-0.39, 0.29) is 0 Å². The fourth-order valence-electron chi connectivity index (χ4n) is 0.642. The van der Waals surface area contributed by atoms with E-state index in [1.165, 1.54) is 7.11 Å². The molecule has 0 rings (SSSR count). The van der Waals surface area contributed by atoms with Gasteiger partial charge in [0.2, 0.25) is 5.88 Å². The Morgan fingerprint density at radius 1 is 1.31 bits per heavy atom. The molecule has 0 aliphatic heterocycles. The minimum absolute atomic E-state index is 0.323. The van der Waals surface area contributed by atoms with Crippen molar-refractivity contribution in [2.45, 2.75) is 19.9 Å². The first kappa shape index (κ1) is 11.8. The van der Waals surface area contributed by atoms with Gasteiger partial charge in [-0.15, -0.1) is 0 Å². The van der Waals surface area contributed by atoms with Crippen LogP contribution < -0.4 is 0 Å². The van der Waals surface area contributed by atoms with Gasteiger partial charge >= 0.3 is 0 Å². The molecule has 0 radical (unpaired) electrons. The molecule has 0 aliphatic carbocycles. The Kier molecular flexibility index (Phi) is 4.96. The zero-order valence-corrected chi connectivity index (χ0v) is 9.00. The van der Waals surface area contributed by atoms with E-state index in [9.17, 15) is 0 Å². The van der Waals surface area contributed by atoms with Gasteiger partial charge in [-0.1, -0.05) is 0 Å². The van der Waals surface area contributed by atoms with E-state index in [0.29, 0.717) is 17.9 Å². The smallest absolute Gasteiger partial charge is 0.295 e. The van der Waals surface area contributed by atoms with E-state index in [0.717, 1.165) is 0 Å². The van der Waals surface area contributed by atoms with E-state index in [1.807, 2.05) is 25.8 Å². The lowest BCUT2D eigenvalue weighted by molar-refractivity contribution is 0.258. The van der Waals surface area contributed by atoms with Gasteiger partial charge < -0.3 is 14.4 Å². The molecule has 76 valence electrons. The van der Waals surface area contributed by atoms with Crippen LogP contribution in [0.15, 0.2) is 17.5 Å². The number of ether oxygens (including phenoxy) is 2. The third-order valence-electron chi connectivity index (χ3n) is 1.71. The maximum Gasteiger partial charge on any atom is 0.295 e. The Labute approximate surface area is 79.9 Å². The monoisotopic (exact) mass is 186 g/mol. The molecular formula is C9H18N2O2. The van der Waals surface area contributed by atoms with Crippen molar-refractivity contribution >= 4 is 6.02 Å². The molecule has 0 N–H and O–H groups in total. The summed E-state index contributed by atoms with van der Waals surface area (Å²) < 4.78 is 9.90. The molecule has 0 aromatic carbocycles. The molecule has 4 nitrogen and oxygen atoms in total. The minimum atomic E-state index is 0.323. The zero-order valence-electron chi connectivity index (χ0n) is 9.00. The first-order chi connectivity index (χ1) is 6.02. The van der Waals surface area contributed by atoms with E-state index >= 15 is 0 Å². The van der Waals surface area contributed by atoms with Crippen LogP contribution in [0.5, 0.6) is 0 Å². The molecule has 0 heterocycles. The van der Waals surface area contributed by atoms with Crippen molar-refractivity contribution in [2.75, 3.05) is 21.3 Å². The van der Waals surface area contributed by atoms with Crippen molar-refractivity contribution in [3.05, 3.63) is 12.5 Å². The van der Waals surface area contributed by atoms with Crippen LogP contribution in [0.2, 0.25) is 0 Å². The molecule has 0 amide bonds. The quantitative estimate of drug-likeness (QED) is 0.380. The number of amidine groups is 1. The summed E-state index contributed by atoms with van der Waals surface area (Å²) >= 11 is 0. The van der Waals surface area contributed by atoms with Crippen LogP contribution in [0.25, 0.3) is 0 Å². The Balaban J connectivity index is 4.49. The highest BCUT2D eigenvalue weighted by Crippen LogP contribution is 2.01. The lowest BCUT2D eigenvalue weighted by Crippen LogP contribution is -2.34. The van der Waals surface area contributed by atoms with Gasteiger partial charge in [0, 0.05) is 13.1 Å². The maximum absolute atomic E-state index is 5.08.